The molecule has 2 aromatic carbocycles. The van der Waals surface area contributed by atoms with E-state index in [4.69, 9.17) is 17.3 Å². The van der Waals surface area contributed by atoms with Crippen molar-refractivity contribution in [2.75, 3.05) is 12.3 Å². The molecule has 104 valence electrons. The Labute approximate surface area is 131 Å². The number of nitrogen functional groups attached to an aromatic ring is 1. The summed E-state index contributed by atoms with van der Waals surface area (Å²) in [5.41, 5.74) is 7.99. The molecular weight excluding hydrogens is 340 g/mol. The first-order valence-corrected chi connectivity index (χ1v) is 7.31. The molecule has 0 unspecified atom stereocenters. The average Bonchev–Trinajstić information content (AvgIpc) is 2.44. The summed E-state index contributed by atoms with van der Waals surface area (Å²) in [6.45, 7) is 0.566. The molecule has 3 N–H and O–H groups in total. The third-order valence-corrected chi connectivity index (χ3v) is 3.84. The molecule has 0 saturated heterocycles. The van der Waals surface area contributed by atoms with E-state index >= 15 is 0 Å². The monoisotopic (exact) mass is 352 g/mol. The molecule has 2 aromatic rings. The minimum atomic E-state index is -0.127. The summed E-state index contributed by atoms with van der Waals surface area (Å²) in [5, 5.41) is 3.58. The van der Waals surface area contributed by atoms with Crippen molar-refractivity contribution in [2.24, 2.45) is 0 Å². The quantitative estimate of drug-likeness (QED) is 0.824. The Balaban J connectivity index is 1.88. The van der Waals surface area contributed by atoms with Crippen LogP contribution in [0.2, 0.25) is 5.02 Å². The number of benzene rings is 2. The zero-order valence-corrected chi connectivity index (χ0v) is 13.0. The van der Waals surface area contributed by atoms with Crippen LogP contribution in [0.5, 0.6) is 0 Å². The molecule has 0 atom stereocenters. The molecule has 2 rings (SSSR count). The fourth-order valence-electron chi connectivity index (χ4n) is 1.76. The lowest BCUT2D eigenvalue weighted by Crippen LogP contribution is -2.25. The second-order valence-corrected chi connectivity index (χ2v) is 5.66. The van der Waals surface area contributed by atoms with Gasteiger partial charge in [-0.15, -0.1) is 0 Å². The van der Waals surface area contributed by atoms with E-state index in [9.17, 15) is 4.79 Å². The molecule has 0 aliphatic heterocycles. The molecule has 3 nitrogen and oxygen atoms in total. The molecule has 0 radical (unpaired) electrons. The highest BCUT2D eigenvalue weighted by Crippen LogP contribution is 2.20. The Bertz CT molecular complexity index is 614. The normalized spacial score (nSPS) is 10.3. The number of carbonyl (C=O) groups excluding carboxylic acids is 1. The zero-order valence-electron chi connectivity index (χ0n) is 10.7. The van der Waals surface area contributed by atoms with E-state index in [1.165, 1.54) is 0 Å². The van der Waals surface area contributed by atoms with Crippen molar-refractivity contribution in [1.29, 1.82) is 0 Å². The lowest BCUT2D eigenvalue weighted by Gasteiger charge is -2.07. The number of amides is 1. The highest BCUT2D eigenvalue weighted by molar-refractivity contribution is 9.10. The van der Waals surface area contributed by atoms with Gasteiger partial charge in [-0.05, 0) is 58.2 Å². The van der Waals surface area contributed by atoms with E-state index in [0.29, 0.717) is 22.8 Å². The number of hydrogen-bond acceptors (Lipinski definition) is 2. The molecule has 0 heterocycles. The third kappa shape index (κ3) is 3.99. The topological polar surface area (TPSA) is 55.1 Å². The maximum atomic E-state index is 11.9. The van der Waals surface area contributed by atoms with Crippen LogP contribution in [0, 0.1) is 0 Å². The number of anilines is 1. The van der Waals surface area contributed by atoms with Crippen molar-refractivity contribution < 1.29 is 4.79 Å². The van der Waals surface area contributed by atoms with Gasteiger partial charge in [-0.3, -0.25) is 4.79 Å². The van der Waals surface area contributed by atoms with Crippen LogP contribution in [0.4, 0.5) is 5.69 Å². The number of rotatable bonds is 4. The van der Waals surface area contributed by atoms with Gasteiger partial charge in [0.2, 0.25) is 0 Å². The number of halogens is 2. The lowest BCUT2D eigenvalue weighted by molar-refractivity contribution is 0.0954. The molecule has 0 fully saturated rings. The van der Waals surface area contributed by atoms with Gasteiger partial charge in [0.25, 0.3) is 5.91 Å². The van der Waals surface area contributed by atoms with Gasteiger partial charge in [0.1, 0.15) is 0 Å². The molecule has 0 aromatic heterocycles. The van der Waals surface area contributed by atoms with Crippen molar-refractivity contribution in [2.45, 2.75) is 6.42 Å². The van der Waals surface area contributed by atoms with Crippen LogP contribution in [-0.2, 0) is 6.42 Å². The first kappa shape index (κ1) is 14.9. The van der Waals surface area contributed by atoms with Crippen LogP contribution in [0.3, 0.4) is 0 Å². The summed E-state index contributed by atoms with van der Waals surface area (Å²) in [4.78, 5) is 11.9. The first-order valence-electron chi connectivity index (χ1n) is 6.14. The maximum absolute atomic E-state index is 11.9. The van der Waals surface area contributed by atoms with Gasteiger partial charge in [0.05, 0.1) is 0 Å². The Morgan fingerprint density at radius 1 is 1.20 bits per heavy atom. The van der Waals surface area contributed by atoms with Gasteiger partial charge in [-0.25, -0.2) is 0 Å². The van der Waals surface area contributed by atoms with Crippen molar-refractivity contribution in [1.82, 2.24) is 5.32 Å². The number of nitrogens with two attached hydrogens (primary N) is 1. The van der Waals surface area contributed by atoms with Crippen LogP contribution in [0.1, 0.15) is 15.9 Å². The molecule has 20 heavy (non-hydrogen) atoms. The summed E-state index contributed by atoms with van der Waals surface area (Å²) < 4.78 is 0.787. The van der Waals surface area contributed by atoms with E-state index in [-0.39, 0.29) is 5.91 Å². The SMILES string of the molecule is Nc1cc(C(=O)NCCc2ccc(Cl)cc2)ccc1Br. The smallest absolute Gasteiger partial charge is 0.251 e. The second kappa shape index (κ2) is 6.77. The van der Waals surface area contributed by atoms with E-state index in [1.807, 2.05) is 24.3 Å². The Hall–Kier alpha value is -1.52. The number of carbonyl (C=O) groups is 1. The van der Waals surface area contributed by atoms with E-state index < -0.39 is 0 Å². The summed E-state index contributed by atoms with van der Waals surface area (Å²) in [5.74, 6) is -0.127. The zero-order chi connectivity index (χ0) is 14.5. The standard InChI is InChI=1S/C15H14BrClN2O/c16-13-6-3-11(9-14(13)18)15(20)19-8-7-10-1-4-12(17)5-2-10/h1-6,9H,7-8,18H2,(H,19,20). The summed E-state index contributed by atoms with van der Waals surface area (Å²) in [6.07, 6.45) is 0.759. The van der Waals surface area contributed by atoms with Crippen LogP contribution in [-0.4, -0.2) is 12.5 Å². The predicted octanol–water partition coefficient (Wildman–Crippen LogP) is 3.66. The minimum absolute atomic E-state index is 0.127. The van der Waals surface area contributed by atoms with Gasteiger partial charge in [-0.1, -0.05) is 23.7 Å². The molecule has 1 amide bonds. The van der Waals surface area contributed by atoms with Crippen LogP contribution in [0.25, 0.3) is 0 Å². The van der Waals surface area contributed by atoms with Gasteiger partial charge in [0.15, 0.2) is 0 Å². The Kier molecular flexibility index (Phi) is 5.04. The fraction of sp³-hybridized carbons (Fsp3) is 0.133. The maximum Gasteiger partial charge on any atom is 0.251 e. The first-order chi connectivity index (χ1) is 9.56. The van der Waals surface area contributed by atoms with Gasteiger partial charge in [-0.2, -0.15) is 0 Å². The summed E-state index contributed by atoms with van der Waals surface area (Å²) >= 11 is 9.12. The van der Waals surface area contributed by atoms with Crippen molar-refractivity contribution in [3.63, 3.8) is 0 Å². The van der Waals surface area contributed by atoms with Gasteiger partial charge < -0.3 is 11.1 Å². The number of hydrogen-bond donors (Lipinski definition) is 2. The third-order valence-electron chi connectivity index (χ3n) is 2.87. The van der Waals surface area contributed by atoms with Crippen molar-refractivity contribution in [3.05, 3.63) is 63.1 Å². The Morgan fingerprint density at radius 2 is 1.90 bits per heavy atom. The van der Waals surface area contributed by atoms with Gasteiger partial charge >= 0.3 is 0 Å². The average molecular weight is 354 g/mol. The molecular formula is C15H14BrClN2O. The fourth-order valence-corrected chi connectivity index (χ4v) is 2.13. The van der Waals surface area contributed by atoms with Crippen LogP contribution >= 0.6 is 27.5 Å². The molecule has 0 aliphatic carbocycles. The minimum Gasteiger partial charge on any atom is -0.398 e. The van der Waals surface area contributed by atoms with Crippen LogP contribution in [0.15, 0.2) is 46.9 Å². The largest absolute Gasteiger partial charge is 0.398 e. The highest BCUT2D eigenvalue weighted by atomic mass is 79.9. The molecule has 0 aliphatic rings. The van der Waals surface area contributed by atoms with Gasteiger partial charge in [0, 0.05) is 27.3 Å². The predicted molar refractivity (Wildman–Crippen MR) is 86.0 cm³/mol. The summed E-state index contributed by atoms with van der Waals surface area (Å²) in [7, 11) is 0. The molecule has 0 bridgehead atoms. The highest BCUT2D eigenvalue weighted by Gasteiger charge is 2.06. The number of nitrogens with one attached hydrogen (secondary N) is 1. The summed E-state index contributed by atoms with van der Waals surface area (Å²) in [6, 6.07) is 12.7. The molecule has 0 saturated carbocycles. The molecule has 5 heteroatoms. The van der Waals surface area contributed by atoms with Crippen LogP contribution < -0.4 is 11.1 Å². The Morgan fingerprint density at radius 3 is 2.55 bits per heavy atom. The lowest BCUT2D eigenvalue weighted by atomic mass is 10.1. The van der Waals surface area contributed by atoms with E-state index in [0.717, 1.165) is 16.5 Å². The second-order valence-electron chi connectivity index (χ2n) is 4.37. The van der Waals surface area contributed by atoms with Crippen molar-refractivity contribution in [3.8, 4) is 0 Å². The van der Waals surface area contributed by atoms with E-state index in [2.05, 4.69) is 21.2 Å². The molecule has 0 spiro atoms. The van der Waals surface area contributed by atoms with E-state index in [1.54, 1.807) is 18.2 Å². The van der Waals surface area contributed by atoms with Crippen molar-refractivity contribution >= 4 is 39.1 Å².